The van der Waals surface area contributed by atoms with Gasteiger partial charge in [-0.15, -0.1) is 0 Å². The summed E-state index contributed by atoms with van der Waals surface area (Å²) in [6, 6.07) is 12.1. The molecule has 0 aliphatic carbocycles. The Kier molecular flexibility index (Phi) is 6.79. The number of rotatable bonds is 6. The van der Waals surface area contributed by atoms with Gasteiger partial charge in [0.15, 0.2) is 0 Å². The molecule has 1 N–H and O–H groups in total. The summed E-state index contributed by atoms with van der Waals surface area (Å²) < 4.78 is 31.4. The Morgan fingerprint density at radius 3 is 2.76 bits per heavy atom. The van der Waals surface area contributed by atoms with Gasteiger partial charge in [-0.25, -0.2) is 12.7 Å². The van der Waals surface area contributed by atoms with E-state index in [-0.39, 0.29) is 27.9 Å². The van der Waals surface area contributed by atoms with Crippen LogP contribution in [-0.2, 0) is 21.4 Å². The average molecular weight is 438 g/mol. The Hall–Kier alpha value is -2.13. The van der Waals surface area contributed by atoms with Gasteiger partial charge in [0, 0.05) is 45.7 Å². The Labute approximate surface area is 176 Å². The summed E-state index contributed by atoms with van der Waals surface area (Å²) in [4.78, 5) is 14.7. The van der Waals surface area contributed by atoms with Gasteiger partial charge in [0.2, 0.25) is 15.9 Å². The summed E-state index contributed by atoms with van der Waals surface area (Å²) in [6.07, 6.45) is 0.253. The van der Waals surface area contributed by atoms with Gasteiger partial charge in [-0.05, 0) is 24.3 Å². The Morgan fingerprint density at radius 2 is 2.00 bits per heavy atom. The van der Waals surface area contributed by atoms with E-state index in [2.05, 4.69) is 10.2 Å². The molecule has 1 aliphatic heterocycles. The topological polar surface area (TPSA) is 79.0 Å². The number of para-hydroxylation sites is 1. The molecular formula is C20H24ClN3O4S. The maximum Gasteiger partial charge on any atom is 0.242 e. The van der Waals surface area contributed by atoms with E-state index >= 15 is 0 Å². The lowest BCUT2D eigenvalue weighted by Gasteiger charge is -2.19. The summed E-state index contributed by atoms with van der Waals surface area (Å²) in [5.41, 5.74) is 1.37. The summed E-state index contributed by atoms with van der Waals surface area (Å²) >= 11 is 6.15. The number of carbonyl (C=O) groups is 1. The molecule has 3 rings (SSSR count). The van der Waals surface area contributed by atoms with E-state index in [1.54, 1.807) is 0 Å². The molecule has 29 heavy (non-hydrogen) atoms. The average Bonchev–Trinajstić information content (AvgIpc) is 2.89. The number of fused-ring (bicyclic) bond motifs is 1. The smallest absolute Gasteiger partial charge is 0.242 e. The highest BCUT2D eigenvalue weighted by Crippen LogP contribution is 2.27. The van der Waals surface area contributed by atoms with Gasteiger partial charge in [-0.1, -0.05) is 29.8 Å². The third-order valence-electron chi connectivity index (χ3n) is 4.68. The van der Waals surface area contributed by atoms with Crippen LogP contribution in [0.25, 0.3) is 0 Å². The highest BCUT2D eigenvalue weighted by atomic mass is 35.5. The van der Waals surface area contributed by atoms with Crippen molar-refractivity contribution in [3.05, 3.63) is 53.1 Å². The zero-order valence-corrected chi connectivity index (χ0v) is 18.0. The van der Waals surface area contributed by atoms with Crippen LogP contribution < -0.4 is 10.1 Å². The number of hydrogen-bond acceptors (Lipinski definition) is 5. The lowest BCUT2D eigenvalue weighted by Crippen LogP contribution is -2.29. The molecule has 0 radical (unpaired) electrons. The molecule has 7 nitrogen and oxygen atoms in total. The van der Waals surface area contributed by atoms with E-state index in [1.807, 2.05) is 24.3 Å². The number of halogens is 1. The molecule has 0 atom stereocenters. The molecule has 0 saturated heterocycles. The predicted molar refractivity (Wildman–Crippen MR) is 113 cm³/mol. The van der Waals surface area contributed by atoms with Gasteiger partial charge < -0.3 is 10.1 Å². The number of benzene rings is 2. The van der Waals surface area contributed by atoms with Gasteiger partial charge in [0.1, 0.15) is 12.4 Å². The van der Waals surface area contributed by atoms with Crippen molar-refractivity contribution in [1.29, 1.82) is 0 Å². The summed E-state index contributed by atoms with van der Waals surface area (Å²) in [5, 5.41) is 3.01. The molecule has 156 valence electrons. The molecule has 1 amide bonds. The molecule has 2 aromatic carbocycles. The maximum absolute atomic E-state index is 12.4. The van der Waals surface area contributed by atoms with E-state index < -0.39 is 10.0 Å². The molecule has 0 aromatic heterocycles. The standard InChI is InChI=1S/C20H24ClN3O4S/c1-23(2)29(26,27)16-7-8-17(21)18(13-16)22-20(25)9-10-24-11-12-28-19-6-4-3-5-15(19)14-24/h3-8,13H,9-12,14H2,1-2H3,(H,22,25). The summed E-state index contributed by atoms with van der Waals surface area (Å²) in [7, 11) is -0.713. The molecule has 0 unspecified atom stereocenters. The largest absolute Gasteiger partial charge is 0.492 e. The van der Waals surface area contributed by atoms with Crippen LogP contribution in [-0.4, -0.2) is 57.3 Å². The van der Waals surface area contributed by atoms with Crippen molar-refractivity contribution in [3.63, 3.8) is 0 Å². The van der Waals surface area contributed by atoms with Crippen LogP contribution in [0.4, 0.5) is 5.69 Å². The minimum absolute atomic E-state index is 0.0727. The molecule has 0 bridgehead atoms. The molecular weight excluding hydrogens is 414 g/mol. The van der Waals surface area contributed by atoms with E-state index in [0.29, 0.717) is 19.7 Å². The first-order valence-corrected chi connectivity index (χ1v) is 11.0. The molecule has 0 fully saturated rings. The number of sulfonamides is 1. The van der Waals surface area contributed by atoms with Crippen molar-refractivity contribution in [2.45, 2.75) is 17.9 Å². The molecule has 1 heterocycles. The van der Waals surface area contributed by atoms with Crippen LogP contribution in [0, 0.1) is 0 Å². The van der Waals surface area contributed by atoms with Crippen LogP contribution in [0.2, 0.25) is 5.02 Å². The van der Waals surface area contributed by atoms with Crippen molar-refractivity contribution in [2.75, 3.05) is 39.1 Å². The second-order valence-electron chi connectivity index (χ2n) is 6.96. The third-order valence-corrected chi connectivity index (χ3v) is 6.82. The Morgan fingerprint density at radius 1 is 1.24 bits per heavy atom. The van der Waals surface area contributed by atoms with Crippen molar-refractivity contribution in [1.82, 2.24) is 9.21 Å². The van der Waals surface area contributed by atoms with Crippen molar-refractivity contribution >= 4 is 33.2 Å². The van der Waals surface area contributed by atoms with Gasteiger partial charge in [0.05, 0.1) is 15.6 Å². The van der Waals surface area contributed by atoms with Crippen LogP contribution >= 0.6 is 11.6 Å². The van der Waals surface area contributed by atoms with E-state index in [0.717, 1.165) is 22.2 Å². The van der Waals surface area contributed by atoms with Crippen molar-refractivity contribution < 1.29 is 17.9 Å². The van der Waals surface area contributed by atoms with Crippen LogP contribution in [0.5, 0.6) is 5.75 Å². The Balaban J connectivity index is 1.63. The number of ether oxygens (including phenoxy) is 1. The first-order chi connectivity index (χ1) is 13.8. The van der Waals surface area contributed by atoms with Gasteiger partial charge >= 0.3 is 0 Å². The third kappa shape index (κ3) is 5.27. The maximum atomic E-state index is 12.4. The molecule has 1 aliphatic rings. The normalized spacial score (nSPS) is 14.8. The first kappa shape index (κ1) is 21.6. The Bertz CT molecular complexity index is 995. The lowest BCUT2D eigenvalue weighted by molar-refractivity contribution is -0.116. The second kappa shape index (κ2) is 9.13. The summed E-state index contributed by atoms with van der Waals surface area (Å²) in [5.74, 6) is 0.648. The highest BCUT2D eigenvalue weighted by molar-refractivity contribution is 7.89. The zero-order chi connectivity index (χ0) is 21.0. The first-order valence-electron chi connectivity index (χ1n) is 9.22. The fraction of sp³-hybridized carbons (Fsp3) is 0.350. The number of carbonyl (C=O) groups excluding carboxylic acids is 1. The van der Waals surface area contributed by atoms with Gasteiger partial charge in [0.25, 0.3) is 0 Å². The van der Waals surface area contributed by atoms with E-state index in [9.17, 15) is 13.2 Å². The molecule has 0 saturated carbocycles. The molecule has 9 heteroatoms. The molecule has 2 aromatic rings. The summed E-state index contributed by atoms with van der Waals surface area (Å²) in [6.45, 7) is 2.55. The van der Waals surface area contributed by atoms with E-state index in [4.69, 9.17) is 16.3 Å². The monoisotopic (exact) mass is 437 g/mol. The predicted octanol–water partition coefficient (Wildman–Crippen LogP) is 2.81. The van der Waals surface area contributed by atoms with Crippen LogP contribution in [0.1, 0.15) is 12.0 Å². The van der Waals surface area contributed by atoms with E-state index in [1.165, 1.54) is 32.3 Å². The second-order valence-corrected chi connectivity index (χ2v) is 9.52. The number of nitrogens with one attached hydrogen (secondary N) is 1. The van der Waals surface area contributed by atoms with Crippen molar-refractivity contribution in [2.24, 2.45) is 0 Å². The van der Waals surface area contributed by atoms with Gasteiger partial charge in [-0.3, -0.25) is 9.69 Å². The van der Waals surface area contributed by atoms with Crippen LogP contribution in [0.15, 0.2) is 47.4 Å². The van der Waals surface area contributed by atoms with Crippen LogP contribution in [0.3, 0.4) is 0 Å². The fourth-order valence-electron chi connectivity index (χ4n) is 3.01. The highest BCUT2D eigenvalue weighted by Gasteiger charge is 2.20. The number of anilines is 1. The quantitative estimate of drug-likeness (QED) is 0.751. The van der Waals surface area contributed by atoms with Crippen molar-refractivity contribution in [3.8, 4) is 5.75 Å². The molecule has 0 spiro atoms. The fourth-order valence-corrected chi connectivity index (χ4v) is 4.11. The number of nitrogens with zero attached hydrogens (tertiary/aromatic N) is 2. The lowest BCUT2D eigenvalue weighted by atomic mass is 10.2. The number of hydrogen-bond donors (Lipinski definition) is 1. The minimum Gasteiger partial charge on any atom is -0.492 e. The number of amides is 1. The minimum atomic E-state index is -3.61. The SMILES string of the molecule is CN(C)S(=O)(=O)c1ccc(Cl)c(NC(=O)CCN2CCOc3ccccc3C2)c1. The van der Waals surface area contributed by atoms with Gasteiger partial charge in [-0.2, -0.15) is 0 Å². The zero-order valence-electron chi connectivity index (χ0n) is 16.4.